The molecule has 0 bridgehead atoms. The lowest BCUT2D eigenvalue weighted by molar-refractivity contribution is -0.123. The van der Waals surface area contributed by atoms with Crippen molar-refractivity contribution in [3.05, 3.63) is 42.0 Å². The van der Waals surface area contributed by atoms with E-state index in [1.807, 2.05) is 12.1 Å². The number of nitrogens with two attached hydrogens (primary N) is 1. The van der Waals surface area contributed by atoms with E-state index in [4.69, 9.17) is 19.9 Å². The highest BCUT2D eigenvalue weighted by molar-refractivity contribution is 5.98. The van der Waals surface area contributed by atoms with Crippen molar-refractivity contribution >= 4 is 17.3 Å². The number of nitrogen functional groups attached to an aromatic ring is 1. The Balaban J connectivity index is 1.82. The Morgan fingerprint density at radius 3 is 2.65 bits per heavy atom. The topological polar surface area (TPSA) is 82.8 Å². The number of fused-ring (bicyclic) bond motifs is 1. The summed E-state index contributed by atoms with van der Waals surface area (Å²) >= 11 is 0. The van der Waals surface area contributed by atoms with Crippen LogP contribution in [-0.4, -0.2) is 26.2 Å². The quantitative estimate of drug-likeness (QED) is 0.846. The molecule has 23 heavy (non-hydrogen) atoms. The third-order valence-corrected chi connectivity index (χ3v) is 3.69. The molecule has 0 saturated heterocycles. The van der Waals surface area contributed by atoms with Gasteiger partial charge in [0.15, 0.2) is 17.6 Å². The van der Waals surface area contributed by atoms with Gasteiger partial charge in [-0.05, 0) is 29.8 Å². The maximum Gasteiger partial charge on any atom is 0.265 e. The van der Waals surface area contributed by atoms with Gasteiger partial charge in [-0.1, -0.05) is 6.07 Å². The lowest BCUT2D eigenvalue weighted by atomic mass is 10.0. The highest BCUT2D eigenvalue weighted by atomic mass is 16.5. The predicted octanol–water partition coefficient (Wildman–Crippen LogP) is 2.23. The van der Waals surface area contributed by atoms with Crippen molar-refractivity contribution in [3.63, 3.8) is 0 Å². The Labute approximate surface area is 134 Å². The Kier molecular flexibility index (Phi) is 3.97. The van der Waals surface area contributed by atoms with Crippen LogP contribution in [0.4, 0.5) is 11.4 Å². The maximum atomic E-state index is 12.2. The van der Waals surface area contributed by atoms with Crippen LogP contribution >= 0.6 is 0 Å². The van der Waals surface area contributed by atoms with Gasteiger partial charge in [0.1, 0.15) is 5.75 Å². The van der Waals surface area contributed by atoms with E-state index >= 15 is 0 Å². The normalized spacial score (nSPS) is 16.1. The number of carbonyl (C=O) groups excluding carboxylic acids is 1. The highest BCUT2D eigenvalue weighted by Crippen LogP contribution is 2.33. The fourth-order valence-corrected chi connectivity index (χ4v) is 2.52. The molecule has 6 heteroatoms. The molecule has 1 aliphatic rings. The SMILES string of the molecule is COc1ccc(CC2Oc3cc(N)ccc3NC2=O)cc1OC. The molecule has 0 aliphatic carbocycles. The number of amides is 1. The van der Waals surface area contributed by atoms with Gasteiger partial charge in [0.2, 0.25) is 0 Å². The van der Waals surface area contributed by atoms with E-state index in [1.165, 1.54) is 0 Å². The molecule has 3 N–H and O–H groups in total. The molecule has 1 unspecified atom stereocenters. The van der Waals surface area contributed by atoms with Crippen LogP contribution in [0.1, 0.15) is 5.56 Å². The zero-order chi connectivity index (χ0) is 16.4. The first-order valence-corrected chi connectivity index (χ1v) is 7.18. The Hall–Kier alpha value is -2.89. The van der Waals surface area contributed by atoms with Crippen LogP contribution in [0.5, 0.6) is 17.2 Å². The minimum atomic E-state index is -0.623. The monoisotopic (exact) mass is 314 g/mol. The fraction of sp³-hybridized carbons (Fsp3) is 0.235. The van der Waals surface area contributed by atoms with E-state index in [-0.39, 0.29) is 5.91 Å². The summed E-state index contributed by atoms with van der Waals surface area (Å²) in [4.78, 5) is 12.2. The summed E-state index contributed by atoms with van der Waals surface area (Å²) in [6.07, 6.45) is -0.206. The maximum absolute atomic E-state index is 12.2. The molecule has 120 valence electrons. The van der Waals surface area contributed by atoms with E-state index in [2.05, 4.69) is 5.32 Å². The average molecular weight is 314 g/mol. The van der Waals surface area contributed by atoms with Gasteiger partial charge in [-0.15, -0.1) is 0 Å². The van der Waals surface area contributed by atoms with Gasteiger partial charge in [-0.25, -0.2) is 0 Å². The smallest absolute Gasteiger partial charge is 0.265 e. The molecule has 1 amide bonds. The highest BCUT2D eigenvalue weighted by Gasteiger charge is 2.28. The molecule has 1 heterocycles. The van der Waals surface area contributed by atoms with Gasteiger partial charge in [0.25, 0.3) is 5.91 Å². The van der Waals surface area contributed by atoms with Gasteiger partial charge in [0.05, 0.1) is 19.9 Å². The number of hydrogen-bond acceptors (Lipinski definition) is 5. The minimum Gasteiger partial charge on any atom is -0.493 e. The molecule has 1 atom stereocenters. The largest absolute Gasteiger partial charge is 0.493 e. The molecule has 0 radical (unpaired) electrons. The summed E-state index contributed by atoms with van der Waals surface area (Å²) in [7, 11) is 3.15. The second kappa shape index (κ2) is 6.08. The molecule has 6 nitrogen and oxygen atoms in total. The van der Waals surface area contributed by atoms with Gasteiger partial charge in [-0.2, -0.15) is 0 Å². The van der Waals surface area contributed by atoms with Crippen LogP contribution < -0.4 is 25.3 Å². The van der Waals surface area contributed by atoms with Gasteiger partial charge in [-0.3, -0.25) is 4.79 Å². The summed E-state index contributed by atoms with van der Waals surface area (Å²) in [5.74, 6) is 1.65. The Morgan fingerprint density at radius 2 is 1.91 bits per heavy atom. The number of ether oxygens (including phenoxy) is 3. The molecule has 0 aromatic heterocycles. The molecule has 0 spiro atoms. The summed E-state index contributed by atoms with van der Waals surface area (Å²) in [5, 5.41) is 2.83. The predicted molar refractivity (Wildman–Crippen MR) is 87.2 cm³/mol. The summed E-state index contributed by atoms with van der Waals surface area (Å²) in [5.41, 5.74) is 7.89. The average Bonchev–Trinajstić information content (AvgIpc) is 2.55. The third kappa shape index (κ3) is 3.01. The van der Waals surface area contributed by atoms with Gasteiger partial charge in [0, 0.05) is 18.2 Å². The van der Waals surface area contributed by atoms with E-state index in [0.717, 1.165) is 5.56 Å². The van der Waals surface area contributed by atoms with E-state index in [9.17, 15) is 4.79 Å². The van der Waals surface area contributed by atoms with Gasteiger partial charge < -0.3 is 25.3 Å². The lowest BCUT2D eigenvalue weighted by Crippen LogP contribution is -2.38. The number of nitrogens with one attached hydrogen (secondary N) is 1. The van der Waals surface area contributed by atoms with Crippen LogP contribution in [0.3, 0.4) is 0 Å². The molecule has 2 aromatic carbocycles. The first kappa shape index (κ1) is 15.0. The van der Waals surface area contributed by atoms with Crippen molar-refractivity contribution in [3.8, 4) is 17.2 Å². The van der Waals surface area contributed by atoms with E-state index in [1.54, 1.807) is 38.5 Å². The summed E-state index contributed by atoms with van der Waals surface area (Å²) in [6.45, 7) is 0. The van der Waals surface area contributed by atoms with Crippen LogP contribution in [-0.2, 0) is 11.2 Å². The number of anilines is 2. The zero-order valence-electron chi connectivity index (χ0n) is 13.0. The molecular formula is C17H18N2O4. The van der Waals surface area contributed by atoms with Crippen molar-refractivity contribution < 1.29 is 19.0 Å². The van der Waals surface area contributed by atoms with Crippen molar-refractivity contribution in [1.29, 1.82) is 0 Å². The molecule has 0 saturated carbocycles. The Bertz CT molecular complexity index is 745. The minimum absolute atomic E-state index is 0.183. The molecule has 3 rings (SSSR count). The second-order valence-corrected chi connectivity index (χ2v) is 5.24. The number of hydrogen-bond donors (Lipinski definition) is 2. The van der Waals surface area contributed by atoms with Gasteiger partial charge >= 0.3 is 0 Å². The number of methoxy groups -OCH3 is 2. The summed E-state index contributed by atoms with van der Waals surface area (Å²) in [6, 6.07) is 10.7. The van der Waals surface area contributed by atoms with Crippen molar-refractivity contribution in [2.24, 2.45) is 0 Å². The van der Waals surface area contributed by atoms with Crippen molar-refractivity contribution in [1.82, 2.24) is 0 Å². The first-order valence-electron chi connectivity index (χ1n) is 7.18. The van der Waals surface area contributed by atoms with E-state index in [0.29, 0.717) is 35.0 Å². The van der Waals surface area contributed by atoms with Crippen LogP contribution in [0.2, 0.25) is 0 Å². The van der Waals surface area contributed by atoms with Crippen LogP contribution in [0.25, 0.3) is 0 Å². The standard InChI is InChI=1S/C17H18N2O4/c1-21-13-6-3-10(7-15(13)22-2)8-16-17(20)19-12-5-4-11(18)9-14(12)23-16/h3-7,9,16H,8,18H2,1-2H3,(H,19,20). The third-order valence-electron chi connectivity index (χ3n) is 3.69. The van der Waals surface area contributed by atoms with Crippen molar-refractivity contribution in [2.45, 2.75) is 12.5 Å². The van der Waals surface area contributed by atoms with Crippen LogP contribution in [0, 0.1) is 0 Å². The molecule has 2 aromatic rings. The number of rotatable bonds is 4. The zero-order valence-corrected chi connectivity index (χ0v) is 13.0. The second-order valence-electron chi connectivity index (χ2n) is 5.24. The van der Waals surface area contributed by atoms with Crippen LogP contribution in [0.15, 0.2) is 36.4 Å². The lowest BCUT2D eigenvalue weighted by Gasteiger charge is -2.26. The first-order chi connectivity index (χ1) is 11.1. The van der Waals surface area contributed by atoms with E-state index < -0.39 is 6.10 Å². The molecule has 1 aliphatic heterocycles. The fourth-order valence-electron chi connectivity index (χ4n) is 2.52. The summed E-state index contributed by atoms with van der Waals surface area (Å²) < 4.78 is 16.3. The van der Waals surface area contributed by atoms with Crippen molar-refractivity contribution in [2.75, 3.05) is 25.3 Å². The number of benzene rings is 2. The molecular weight excluding hydrogens is 296 g/mol. The Morgan fingerprint density at radius 1 is 1.13 bits per heavy atom. The number of carbonyl (C=O) groups is 1. The molecule has 0 fully saturated rings.